The van der Waals surface area contributed by atoms with Crippen molar-refractivity contribution in [2.75, 3.05) is 13.1 Å². The second-order valence-corrected chi connectivity index (χ2v) is 6.43. The summed E-state index contributed by atoms with van der Waals surface area (Å²) >= 11 is 0. The quantitative estimate of drug-likeness (QED) is 0.805. The van der Waals surface area contributed by atoms with Gasteiger partial charge in [-0.05, 0) is 49.6 Å². The van der Waals surface area contributed by atoms with Crippen LogP contribution in [-0.4, -0.2) is 28.9 Å². The second-order valence-electron chi connectivity index (χ2n) is 6.43. The number of nitrogens with two attached hydrogens (primary N) is 1. The van der Waals surface area contributed by atoms with E-state index in [0.29, 0.717) is 5.92 Å². The van der Waals surface area contributed by atoms with Gasteiger partial charge in [0.15, 0.2) is 11.6 Å². The molecule has 2 aromatic rings. The number of likely N-dealkylation sites (tertiary alicyclic amines) is 1. The highest BCUT2D eigenvalue weighted by Gasteiger charge is 2.20. The van der Waals surface area contributed by atoms with Crippen LogP contribution in [0.2, 0.25) is 0 Å². The molecule has 2 heterocycles. The molecule has 1 aromatic heterocycles. The summed E-state index contributed by atoms with van der Waals surface area (Å²) in [5.74, 6) is -0.121. The first-order valence-corrected chi connectivity index (χ1v) is 8.62. The predicted molar refractivity (Wildman–Crippen MR) is 97.4 cm³/mol. The van der Waals surface area contributed by atoms with E-state index in [4.69, 9.17) is 10.5 Å². The summed E-state index contributed by atoms with van der Waals surface area (Å²) < 4.78 is 19.8. The van der Waals surface area contributed by atoms with Crippen LogP contribution >= 0.6 is 0 Å². The van der Waals surface area contributed by atoms with Crippen LogP contribution in [0, 0.1) is 11.7 Å². The predicted octanol–water partition coefficient (Wildman–Crippen LogP) is 3.51. The minimum Gasteiger partial charge on any atom is -0.436 e. The summed E-state index contributed by atoms with van der Waals surface area (Å²) in [4.78, 5) is 17.3. The highest BCUT2D eigenvalue weighted by Crippen LogP contribution is 2.26. The molecule has 0 radical (unpaired) electrons. The van der Waals surface area contributed by atoms with Crippen LogP contribution in [0.5, 0.6) is 11.6 Å². The molecular weight excluding hydrogens is 333 g/mol. The molecule has 1 aliphatic rings. The average molecular weight is 355 g/mol. The van der Waals surface area contributed by atoms with Crippen molar-refractivity contribution in [1.82, 2.24) is 9.88 Å². The van der Waals surface area contributed by atoms with Crippen molar-refractivity contribution < 1.29 is 13.9 Å². The Hall–Kier alpha value is -2.73. The third-order valence-corrected chi connectivity index (χ3v) is 4.41. The van der Waals surface area contributed by atoms with Gasteiger partial charge >= 0.3 is 0 Å². The van der Waals surface area contributed by atoms with Gasteiger partial charge in [0.25, 0.3) is 0 Å². The highest BCUT2D eigenvalue weighted by atomic mass is 19.1. The molecule has 0 aliphatic carbocycles. The Morgan fingerprint density at radius 1 is 1.42 bits per heavy atom. The number of hydrogen-bond acceptors (Lipinski definition) is 4. The Balaban J connectivity index is 1.63. The molecule has 6 heteroatoms. The Morgan fingerprint density at radius 2 is 2.27 bits per heavy atom. The van der Waals surface area contributed by atoms with Crippen molar-refractivity contribution in [2.45, 2.75) is 19.9 Å². The monoisotopic (exact) mass is 355 g/mol. The number of allylic oxidation sites excluding steroid dienone is 1. The first-order chi connectivity index (χ1) is 12.5. The van der Waals surface area contributed by atoms with Crippen molar-refractivity contribution in [2.24, 2.45) is 11.7 Å². The van der Waals surface area contributed by atoms with Crippen molar-refractivity contribution in [3.8, 4) is 11.6 Å². The van der Waals surface area contributed by atoms with E-state index >= 15 is 0 Å². The zero-order chi connectivity index (χ0) is 18.5. The van der Waals surface area contributed by atoms with Crippen LogP contribution in [0.15, 0.2) is 48.7 Å². The summed E-state index contributed by atoms with van der Waals surface area (Å²) in [6.07, 6.45) is 6.76. The van der Waals surface area contributed by atoms with Gasteiger partial charge in [-0.1, -0.05) is 18.2 Å². The van der Waals surface area contributed by atoms with E-state index in [0.717, 1.165) is 31.6 Å². The third kappa shape index (κ3) is 4.46. The molecule has 0 spiro atoms. The Morgan fingerprint density at radius 3 is 2.92 bits per heavy atom. The van der Waals surface area contributed by atoms with E-state index in [1.54, 1.807) is 6.07 Å². The minimum absolute atomic E-state index is 0.0984. The molecule has 26 heavy (non-hydrogen) atoms. The fraction of sp³-hybridized carbons (Fsp3) is 0.300. The van der Waals surface area contributed by atoms with Gasteiger partial charge in [-0.3, -0.25) is 9.69 Å². The van der Waals surface area contributed by atoms with Gasteiger partial charge in [-0.2, -0.15) is 0 Å². The summed E-state index contributed by atoms with van der Waals surface area (Å²) in [6, 6.07) is 7.94. The number of carbonyl (C=O) groups is 1. The number of hydrogen-bond donors (Lipinski definition) is 1. The number of pyridine rings is 1. The summed E-state index contributed by atoms with van der Waals surface area (Å²) in [6.45, 7) is 4.77. The lowest BCUT2D eigenvalue weighted by Crippen LogP contribution is -2.19. The van der Waals surface area contributed by atoms with Crippen LogP contribution < -0.4 is 10.5 Å². The van der Waals surface area contributed by atoms with Crippen LogP contribution in [0.3, 0.4) is 0 Å². The fourth-order valence-corrected chi connectivity index (χ4v) is 3.12. The summed E-state index contributed by atoms with van der Waals surface area (Å²) in [7, 11) is 0. The molecule has 136 valence electrons. The van der Waals surface area contributed by atoms with Crippen LogP contribution in [0.1, 0.15) is 29.3 Å². The van der Waals surface area contributed by atoms with E-state index < -0.39 is 11.7 Å². The Labute approximate surface area is 152 Å². The smallest absolute Gasteiger partial charge is 0.250 e. The summed E-state index contributed by atoms with van der Waals surface area (Å²) in [5, 5.41) is 0. The first-order valence-electron chi connectivity index (χ1n) is 8.62. The molecule has 0 bridgehead atoms. The van der Waals surface area contributed by atoms with Gasteiger partial charge < -0.3 is 10.5 Å². The van der Waals surface area contributed by atoms with Crippen molar-refractivity contribution in [1.29, 1.82) is 0 Å². The van der Waals surface area contributed by atoms with Gasteiger partial charge in [0, 0.05) is 25.4 Å². The molecule has 1 aromatic carbocycles. The molecule has 1 aliphatic heterocycles. The van der Waals surface area contributed by atoms with Crippen molar-refractivity contribution >= 4 is 5.91 Å². The second kappa shape index (κ2) is 8.10. The fourth-order valence-electron chi connectivity index (χ4n) is 3.12. The van der Waals surface area contributed by atoms with E-state index in [1.165, 1.54) is 24.4 Å². The lowest BCUT2D eigenvalue weighted by molar-refractivity contribution is 0.1000. The van der Waals surface area contributed by atoms with Crippen molar-refractivity contribution in [3.05, 3.63) is 65.6 Å². The number of aromatic nitrogens is 1. The maximum atomic E-state index is 14.4. The lowest BCUT2D eigenvalue weighted by Gasteiger charge is -2.16. The Kier molecular flexibility index (Phi) is 5.63. The number of rotatable bonds is 6. The first kappa shape index (κ1) is 18.1. The molecule has 5 nitrogen and oxygen atoms in total. The van der Waals surface area contributed by atoms with Gasteiger partial charge in [0.1, 0.15) is 0 Å². The number of ether oxygens (including phenoxy) is 1. The van der Waals surface area contributed by atoms with E-state index in [1.807, 2.05) is 13.0 Å². The number of nitrogens with zero attached hydrogens (tertiary/aromatic N) is 2. The molecule has 1 unspecified atom stereocenters. The van der Waals surface area contributed by atoms with Crippen LogP contribution in [0.4, 0.5) is 4.39 Å². The molecule has 1 atom stereocenters. The molecule has 3 rings (SSSR count). The molecule has 1 saturated heterocycles. The van der Waals surface area contributed by atoms with E-state index in [9.17, 15) is 9.18 Å². The maximum Gasteiger partial charge on any atom is 0.250 e. The van der Waals surface area contributed by atoms with Crippen molar-refractivity contribution in [3.63, 3.8) is 0 Å². The normalized spacial score (nSPS) is 17.7. The van der Waals surface area contributed by atoms with E-state index in [-0.39, 0.29) is 17.2 Å². The third-order valence-electron chi connectivity index (χ3n) is 4.41. The van der Waals surface area contributed by atoms with Crippen LogP contribution in [0.25, 0.3) is 0 Å². The molecule has 1 amide bonds. The minimum atomic E-state index is -0.571. The van der Waals surface area contributed by atoms with E-state index in [2.05, 4.69) is 22.0 Å². The van der Waals surface area contributed by atoms with Gasteiger partial charge in [-0.25, -0.2) is 9.37 Å². The molecular formula is C20H22FN3O2. The maximum absolute atomic E-state index is 14.4. The largest absolute Gasteiger partial charge is 0.436 e. The number of benzene rings is 1. The summed E-state index contributed by atoms with van der Waals surface area (Å²) in [5.41, 5.74) is 6.35. The molecule has 1 fully saturated rings. The zero-order valence-corrected chi connectivity index (χ0v) is 14.7. The standard InChI is InChI=1S/C20H22FN3O2/c1-2-3-14-8-9-24(12-14)13-15-4-6-18(17(21)10-15)26-19-7-5-16(11-23-19)20(22)25/h2-7,10-11,14H,8-9,12-13H2,1H3,(H2,22,25)/b3-2+. The topological polar surface area (TPSA) is 68.5 Å². The number of carbonyl (C=O) groups excluding carboxylic acids is 1. The number of primary amides is 1. The Bertz CT molecular complexity index is 805. The SMILES string of the molecule is C/C=C/C1CCN(Cc2ccc(Oc3ccc(C(N)=O)cn3)c(F)c2)C1. The van der Waals surface area contributed by atoms with Gasteiger partial charge in [0.2, 0.25) is 11.8 Å². The number of amides is 1. The highest BCUT2D eigenvalue weighted by molar-refractivity contribution is 5.92. The average Bonchev–Trinajstić information content (AvgIpc) is 3.05. The zero-order valence-electron chi connectivity index (χ0n) is 14.7. The molecule has 2 N–H and O–H groups in total. The lowest BCUT2D eigenvalue weighted by atomic mass is 10.1. The van der Waals surface area contributed by atoms with Gasteiger partial charge in [-0.15, -0.1) is 0 Å². The molecule has 0 saturated carbocycles. The number of halogens is 1. The van der Waals surface area contributed by atoms with Gasteiger partial charge in [0.05, 0.1) is 5.56 Å². The van der Waals surface area contributed by atoms with Crippen LogP contribution in [-0.2, 0) is 6.54 Å².